The van der Waals surface area contributed by atoms with Crippen molar-refractivity contribution in [1.82, 2.24) is 4.57 Å². The van der Waals surface area contributed by atoms with Crippen LogP contribution in [0.15, 0.2) is 303 Å². The van der Waals surface area contributed by atoms with Crippen molar-refractivity contribution in [2.24, 2.45) is 0 Å². The van der Waals surface area contributed by atoms with Gasteiger partial charge >= 0.3 is 0 Å². The Balaban J connectivity index is 0.946. The SMILES string of the molecule is c1ccc(C2(c3ccccc3)c3ccccc3-c3ccc(N(c4ccc(-c5ccc(-n6c7ccccc7c7ccccc76)cc5)cc4)c4cccc5c4-c4ccccc4C5(c4ccccc4)c4ccccc4)cc32)cc1. The summed E-state index contributed by atoms with van der Waals surface area (Å²) in [4.78, 5) is 2.53. The third kappa shape index (κ3) is 6.34. The summed E-state index contributed by atoms with van der Waals surface area (Å²) in [6, 6.07) is 113. The lowest BCUT2D eigenvalue weighted by atomic mass is 9.67. The predicted octanol–water partition coefficient (Wildman–Crippen LogP) is 18.6. The van der Waals surface area contributed by atoms with E-state index in [-0.39, 0.29) is 0 Å². The average molecular weight is 967 g/mol. The molecule has 12 aromatic carbocycles. The molecule has 13 aromatic rings. The number of anilines is 3. The molecule has 15 rings (SSSR count). The minimum absolute atomic E-state index is 0.555. The molecule has 2 nitrogen and oxygen atoms in total. The molecule has 0 aliphatic heterocycles. The summed E-state index contributed by atoms with van der Waals surface area (Å²) in [5.74, 6) is 0. The molecule has 76 heavy (non-hydrogen) atoms. The minimum Gasteiger partial charge on any atom is -0.310 e. The van der Waals surface area contributed by atoms with Crippen LogP contribution in [-0.4, -0.2) is 4.57 Å². The first-order valence-electron chi connectivity index (χ1n) is 26.4. The molecule has 0 fully saturated rings. The van der Waals surface area contributed by atoms with Crippen LogP contribution >= 0.6 is 0 Å². The number of benzene rings is 12. The van der Waals surface area contributed by atoms with E-state index in [2.05, 4.69) is 313 Å². The Morgan fingerprint density at radius 3 is 1.24 bits per heavy atom. The summed E-state index contributed by atoms with van der Waals surface area (Å²) in [6.45, 7) is 0. The van der Waals surface area contributed by atoms with Crippen LogP contribution < -0.4 is 4.90 Å². The predicted molar refractivity (Wildman–Crippen MR) is 316 cm³/mol. The Labute approximate surface area is 443 Å². The highest BCUT2D eigenvalue weighted by molar-refractivity contribution is 6.09. The second kappa shape index (κ2) is 17.4. The second-order valence-electron chi connectivity index (χ2n) is 20.3. The summed E-state index contributed by atoms with van der Waals surface area (Å²) in [7, 11) is 0. The number of hydrogen-bond acceptors (Lipinski definition) is 1. The van der Waals surface area contributed by atoms with Gasteiger partial charge < -0.3 is 9.47 Å². The van der Waals surface area contributed by atoms with E-state index in [0.29, 0.717) is 0 Å². The zero-order chi connectivity index (χ0) is 50.2. The van der Waals surface area contributed by atoms with Crippen LogP contribution in [0.1, 0.15) is 44.5 Å². The van der Waals surface area contributed by atoms with Crippen molar-refractivity contribution < 1.29 is 0 Å². The fourth-order valence-corrected chi connectivity index (χ4v) is 13.5. The van der Waals surface area contributed by atoms with Crippen LogP contribution in [0, 0.1) is 0 Å². The molecular formula is C74H50N2. The van der Waals surface area contributed by atoms with E-state index in [4.69, 9.17) is 0 Å². The molecule has 0 radical (unpaired) electrons. The normalized spacial score (nSPS) is 13.5. The van der Waals surface area contributed by atoms with Crippen molar-refractivity contribution >= 4 is 38.9 Å². The lowest BCUT2D eigenvalue weighted by Crippen LogP contribution is -2.29. The Morgan fingerprint density at radius 2 is 0.684 bits per heavy atom. The number of nitrogens with zero attached hydrogens (tertiary/aromatic N) is 2. The number of rotatable bonds is 9. The summed E-state index contributed by atoms with van der Waals surface area (Å²) in [6.07, 6.45) is 0. The first kappa shape index (κ1) is 43.8. The molecule has 0 N–H and O–H groups in total. The molecular weight excluding hydrogens is 917 g/mol. The zero-order valence-electron chi connectivity index (χ0n) is 41.8. The summed E-state index contributed by atoms with van der Waals surface area (Å²) >= 11 is 0. The van der Waals surface area contributed by atoms with Gasteiger partial charge in [0.25, 0.3) is 0 Å². The molecule has 0 bridgehead atoms. The van der Waals surface area contributed by atoms with Crippen LogP contribution in [0.3, 0.4) is 0 Å². The van der Waals surface area contributed by atoms with Crippen LogP contribution in [-0.2, 0) is 10.8 Å². The molecule has 2 aliphatic rings. The summed E-state index contributed by atoms with van der Waals surface area (Å²) in [5.41, 5.74) is 23.1. The van der Waals surface area contributed by atoms with Crippen molar-refractivity contribution in [3.8, 4) is 39.1 Å². The highest BCUT2D eigenvalue weighted by Gasteiger charge is 2.49. The molecule has 2 heteroatoms. The fraction of sp³-hybridized carbons (Fsp3) is 0.0270. The van der Waals surface area contributed by atoms with Gasteiger partial charge in [-0.1, -0.05) is 249 Å². The van der Waals surface area contributed by atoms with Crippen molar-refractivity contribution in [2.75, 3.05) is 4.90 Å². The largest absolute Gasteiger partial charge is 0.310 e. The van der Waals surface area contributed by atoms with Crippen LogP contribution in [0.25, 0.3) is 60.9 Å². The monoisotopic (exact) mass is 966 g/mol. The molecule has 0 amide bonds. The Hall–Kier alpha value is -9.76. The number of hydrogen-bond donors (Lipinski definition) is 0. The third-order valence-corrected chi connectivity index (χ3v) is 16.6. The lowest BCUT2D eigenvalue weighted by Gasteiger charge is -2.35. The Kier molecular flexibility index (Phi) is 10.0. The van der Waals surface area contributed by atoms with E-state index in [0.717, 1.165) is 28.3 Å². The zero-order valence-corrected chi connectivity index (χ0v) is 41.8. The highest BCUT2D eigenvalue weighted by Crippen LogP contribution is 2.61. The smallest absolute Gasteiger partial charge is 0.0714 e. The van der Waals surface area contributed by atoms with Gasteiger partial charge in [0.1, 0.15) is 0 Å². The van der Waals surface area contributed by atoms with E-state index in [1.165, 1.54) is 94.1 Å². The van der Waals surface area contributed by atoms with E-state index in [1.807, 2.05) is 0 Å². The van der Waals surface area contributed by atoms with Gasteiger partial charge in [-0.25, -0.2) is 0 Å². The van der Waals surface area contributed by atoms with Crippen molar-refractivity contribution in [3.63, 3.8) is 0 Å². The lowest BCUT2D eigenvalue weighted by molar-refractivity contribution is 0.768. The number of para-hydroxylation sites is 2. The average Bonchev–Trinajstić information content (AvgIpc) is 4.32. The molecule has 0 unspecified atom stereocenters. The maximum Gasteiger partial charge on any atom is 0.0714 e. The van der Waals surface area contributed by atoms with Crippen molar-refractivity contribution in [1.29, 1.82) is 0 Å². The standard InChI is InChI=1S/C74H50N2/c1-5-22-53(23-6-1)73(54-24-7-2-8-25-54)66-35-18-14-33-64(66)72-67(73)36-21-39-71(72)75(57-44-40-51(41-45-57)52-42-46-58(47-43-52)76-69-37-19-15-31-62(69)63-32-16-20-38-70(63)76)59-48-49-61-60-30-13-17-34-65(60)74(68(61)50-59,55-26-9-3-10-27-55)56-28-11-4-12-29-56/h1-50H. The molecule has 0 spiro atoms. The van der Waals surface area contributed by atoms with Crippen LogP contribution in [0.2, 0.25) is 0 Å². The van der Waals surface area contributed by atoms with Gasteiger partial charge in [-0.3, -0.25) is 0 Å². The van der Waals surface area contributed by atoms with E-state index in [9.17, 15) is 0 Å². The molecule has 0 saturated carbocycles. The number of aromatic nitrogens is 1. The topological polar surface area (TPSA) is 8.17 Å². The van der Waals surface area contributed by atoms with E-state index < -0.39 is 10.8 Å². The first-order valence-corrected chi connectivity index (χ1v) is 26.4. The van der Waals surface area contributed by atoms with E-state index >= 15 is 0 Å². The first-order chi connectivity index (χ1) is 37.7. The Morgan fingerprint density at radius 1 is 0.276 bits per heavy atom. The molecule has 1 heterocycles. The minimum atomic E-state index is -0.563. The van der Waals surface area contributed by atoms with Gasteiger partial charge in [0.15, 0.2) is 0 Å². The van der Waals surface area contributed by atoms with Gasteiger partial charge in [0.05, 0.1) is 27.6 Å². The van der Waals surface area contributed by atoms with Gasteiger partial charge in [-0.15, -0.1) is 0 Å². The third-order valence-electron chi connectivity index (χ3n) is 16.6. The van der Waals surface area contributed by atoms with E-state index in [1.54, 1.807) is 0 Å². The van der Waals surface area contributed by atoms with Crippen LogP contribution in [0.5, 0.6) is 0 Å². The summed E-state index contributed by atoms with van der Waals surface area (Å²) < 4.78 is 2.38. The maximum atomic E-state index is 2.53. The van der Waals surface area contributed by atoms with Gasteiger partial charge in [-0.2, -0.15) is 0 Å². The van der Waals surface area contributed by atoms with Crippen molar-refractivity contribution in [2.45, 2.75) is 10.8 Å². The molecule has 0 atom stereocenters. The molecule has 0 saturated heterocycles. The van der Waals surface area contributed by atoms with Crippen molar-refractivity contribution in [3.05, 3.63) is 348 Å². The van der Waals surface area contributed by atoms with Crippen LogP contribution in [0.4, 0.5) is 17.1 Å². The summed E-state index contributed by atoms with van der Waals surface area (Å²) in [5, 5.41) is 2.53. The second-order valence-corrected chi connectivity index (χ2v) is 20.3. The van der Waals surface area contributed by atoms with Gasteiger partial charge in [0, 0.05) is 33.4 Å². The fourth-order valence-electron chi connectivity index (χ4n) is 13.5. The molecule has 1 aromatic heterocycles. The molecule has 356 valence electrons. The van der Waals surface area contributed by atoms with Gasteiger partial charge in [0.2, 0.25) is 0 Å². The maximum absolute atomic E-state index is 2.53. The highest BCUT2D eigenvalue weighted by atomic mass is 15.1. The quantitative estimate of drug-likeness (QED) is 0.140. The Bertz CT molecular complexity index is 4180. The van der Waals surface area contributed by atoms with Gasteiger partial charge in [-0.05, 0) is 127 Å². The molecule has 2 aliphatic carbocycles. The number of fused-ring (bicyclic) bond motifs is 9.